The van der Waals surface area contributed by atoms with Crippen LogP contribution in [0.4, 0.5) is 0 Å². The minimum Gasteiger partial charge on any atom is -0.481 e. The Hall–Kier alpha value is -0.670. The molecule has 0 atom stereocenters. The van der Waals surface area contributed by atoms with E-state index in [0.29, 0.717) is 5.92 Å². The summed E-state index contributed by atoms with van der Waals surface area (Å²) in [7, 11) is 0. The van der Waals surface area contributed by atoms with Gasteiger partial charge in [0.05, 0.1) is 6.42 Å². The van der Waals surface area contributed by atoms with Gasteiger partial charge >= 0.3 is 5.97 Å². The maximum Gasteiger partial charge on any atom is 0.307 e. The van der Waals surface area contributed by atoms with Gasteiger partial charge in [0.15, 0.2) is 0 Å². The molecule has 0 radical (unpaired) electrons. The lowest BCUT2D eigenvalue weighted by Gasteiger charge is -2.22. The van der Waals surface area contributed by atoms with Crippen molar-refractivity contribution in [2.45, 2.75) is 25.2 Å². The molecule has 0 saturated carbocycles. The van der Waals surface area contributed by atoms with E-state index in [1.54, 1.807) is 6.07 Å². The summed E-state index contributed by atoms with van der Waals surface area (Å²) in [5, 5.41) is 9.45. The third-order valence-electron chi connectivity index (χ3n) is 3.08. The molecule has 1 aliphatic heterocycles. The van der Waals surface area contributed by atoms with Crippen LogP contribution in [0.15, 0.2) is 18.2 Å². The number of hydrogen-bond donors (Lipinski definition) is 1. The Morgan fingerprint density at radius 3 is 2.71 bits per heavy atom. The molecule has 1 aliphatic rings. The SMILES string of the molecule is O=C(O)Cc1ccc(C2CCSCC2)c(Cl)c1. The van der Waals surface area contributed by atoms with Crippen molar-refractivity contribution in [3.63, 3.8) is 0 Å². The molecule has 0 spiro atoms. The van der Waals surface area contributed by atoms with Gasteiger partial charge in [0, 0.05) is 5.02 Å². The molecule has 17 heavy (non-hydrogen) atoms. The molecular formula is C13H15ClO2S. The van der Waals surface area contributed by atoms with E-state index in [4.69, 9.17) is 16.7 Å². The molecule has 1 saturated heterocycles. The topological polar surface area (TPSA) is 37.3 Å². The number of aliphatic carboxylic acids is 1. The number of rotatable bonds is 3. The third kappa shape index (κ3) is 3.39. The lowest BCUT2D eigenvalue weighted by atomic mass is 9.92. The molecule has 2 nitrogen and oxygen atoms in total. The summed E-state index contributed by atoms with van der Waals surface area (Å²) in [4.78, 5) is 10.6. The van der Waals surface area contributed by atoms with Gasteiger partial charge in [-0.3, -0.25) is 4.79 Å². The first-order valence-electron chi connectivity index (χ1n) is 5.74. The Labute approximate surface area is 110 Å². The predicted octanol–water partition coefficient (Wildman–Crippen LogP) is 3.58. The van der Waals surface area contributed by atoms with Crippen LogP contribution >= 0.6 is 23.4 Å². The lowest BCUT2D eigenvalue weighted by molar-refractivity contribution is -0.136. The van der Waals surface area contributed by atoms with Crippen LogP contribution in [0, 0.1) is 0 Å². The molecule has 0 bridgehead atoms. The fourth-order valence-electron chi connectivity index (χ4n) is 2.19. The van der Waals surface area contributed by atoms with Gasteiger partial charge in [-0.05, 0) is 47.5 Å². The van der Waals surface area contributed by atoms with E-state index in [9.17, 15) is 4.79 Å². The standard InChI is InChI=1S/C13H15ClO2S/c14-12-7-9(8-13(15)16)1-2-11(12)10-3-5-17-6-4-10/h1-2,7,10H,3-6,8H2,(H,15,16). The molecule has 1 fully saturated rings. The van der Waals surface area contributed by atoms with Crippen LogP contribution in [0.3, 0.4) is 0 Å². The van der Waals surface area contributed by atoms with Crippen molar-refractivity contribution < 1.29 is 9.90 Å². The van der Waals surface area contributed by atoms with Crippen molar-refractivity contribution in [1.29, 1.82) is 0 Å². The summed E-state index contributed by atoms with van der Waals surface area (Å²) in [6.07, 6.45) is 2.38. The Bertz CT molecular complexity index is 414. The Balaban J connectivity index is 2.15. The summed E-state index contributed by atoms with van der Waals surface area (Å²) in [6, 6.07) is 5.69. The van der Waals surface area contributed by atoms with Crippen LogP contribution in [-0.4, -0.2) is 22.6 Å². The number of hydrogen-bond acceptors (Lipinski definition) is 2. The highest BCUT2D eigenvalue weighted by molar-refractivity contribution is 7.99. The fourth-order valence-corrected chi connectivity index (χ4v) is 3.66. The van der Waals surface area contributed by atoms with Crippen molar-refractivity contribution in [3.8, 4) is 0 Å². The smallest absolute Gasteiger partial charge is 0.307 e. The highest BCUT2D eigenvalue weighted by Crippen LogP contribution is 2.35. The molecule has 1 aromatic carbocycles. The normalized spacial score (nSPS) is 17.0. The van der Waals surface area contributed by atoms with Crippen LogP contribution in [0.1, 0.15) is 29.9 Å². The zero-order valence-electron chi connectivity index (χ0n) is 9.49. The zero-order valence-corrected chi connectivity index (χ0v) is 11.1. The average molecular weight is 271 g/mol. The van der Waals surface area contributed by atoms with Crippen LogP contribution < -0.4 is 0 Å². The van der Waals surface area contributed by atoms with Crippen molar-refractivity contribution in [3.05, 3.63) is 34.3 Å². The highest BCUT2D eigenvalue weighted by atomic mass is 35.5. The van der Waals surface area contributed by atoms with Gasteiger partial charge in [0.25, 0.3) is 0 Å². The second-order valence-electron chi connectivity index (χ2n) is 4.31. The monoisotopic (exact) mass is 270 g/mol. The fraction of sp³-hybridized carbons (Fsp3) is 0.462. The van der Waals surface area contributed by atoms with Crippen LogP contribution in [0.5, 0.6) is 0 Å². The number of carboxylic acids is 1. The van der Waals surface area contributed by atoms with Gasteiger partial charge in [-0.1, -0.05) is 23.7 Å². The number of carboxylic acid groups (broad SMARTS) is 1. The van der Waals surface area contributed by atoms with Crippen LogP contribution in [0.25, 0.3) is 0 Å². The number of benzene rings is 1. The van der Waals surface area contributed by atoms with Gasteiger partial charge < -0.3 is 5.11 Å². The highest BCUT2D eigenvalue weighted by Gasteiger charge is 2.18. The second kappa shape index (κ2) is 5.78. The summed E-state index contributed by atoms with van der Waals surface area (Å²) in [5.74, 6) is 2.11. The Morgan fingerprint density at radius 2 is 2.12 bits per heavy atom. The quantitative estimate of drug-likeness (QED) is 0.912. The van der Waals surface area contributed by atoms with E-state index >= 15 is 0 Å². The summed E-state index contributed by atoms with van der Waals surface area (Å²) in [6.45, 7) is 0. The van der Waals surface area contributed by atoms with Crippen LogP contribution in [0.2, 0.25) is 5.02 Å². The number of carbonyl (C=O) groups is 1. The molecule has 1 aromatic rings. The van der Waals surface area contributed by atoms with Crippen molar-refractivity contribution in [2.24, 2.45) is 0 Å². The largest absolute Gasteiger partial charge is 0.481 e. The van der Waals surface area contributed by atoms with Crippen molar-refractivity contribution in [2.75, 3.05) is 11.5 Å². The molecule has 1 heterocycles. The summed E-state index contributed by atoms with van der Waals surface area (Å²) >= 11 is 8.24. The molecule has 1 N–H and O–H groups in total. The van der Waals surface area contributed by atoms with E-state index in [1.165, 1.54) is 29.9 Å². The molecule has 4 heteroatoms. The molecule has 0 unspecified atom stereocenters. The Morgan fingerprint density at radius 1 is 1.41 bits per heavy atom. The molecule has 92 valence electrons. The van der Waals surface area contributed by atoms with Gasteiger partial charge in [0.1, 0.15) is 0 Å². The Kier molecular flexibility index (Phi) is 4.35. The first-order chi connectivity index (χ1) is 8.16. The molecule has 0 aliphatic carbocycles. The van der Waals surface area contributed by atoms with E-state index in [2.05, 4.69) is 0 Å². The van der Waals surface area contributed by atoms with Crippen molar-refractivity contribution >= 4 is 29.3 Å². The number of thioether (sulfide) groups is 1. The zero-order chi connectivity index (χ0) is 12.3. The lowest BCUT2D eigenvalue weighted by Crippen LogP contribution is -2.09. The first-order valence-corrected chi connectivity index (χ1v) is 7.28. The van der Waals surface area contributed by atoms with E-state index in [0.717, 1.165) is 10.6 Å². The maximum atomic E-state index is 10.6. The number of halogens is 1. The van der Waals surface area contributed by atoms with Crippen LogP contribution in [-0.2, 0) is 11.2 Å². The van der Waals surface area contributed by atoms with Gasteiger partial charge in [-0.15, -0.1) is 0 Å². The molecule has 2 rings (SSSR count). The molecular weight excluding hydrogens is 256 g/mol. The first kappa shape index (κ1) is 12.8. The summed E-state index contributed by atoms with van der Waals surface area (Å²) < 4.78 is 0. The minimum absolute atomic E-state index is 0.0422. The maximum absolute atomic E-state index is 10.6. The van der Waals surface area contributed by atoms with Gasteiger partial charge in [0.2, 0.25) is 0 Å². The second-order valence-corrected chi connectivity index (χ2v) is 5.94. The van der Waals surface area contributed by atoms with E-state index in [-0.39, 0.29) is 6.42 Å². The minimum atomic E-state index is -0.817. The molecule has 0 aromatic heterocycles. The van der Waals surface area contributed by atoms with E-state index in [1.807, 2.05) is 23.9 Å². The van der Waals surface area contributed by atoms with Gasteiger partial charge in [-0.2, -0.15) is 11.8 Å². The van der Waals surface area contributed by atoms with Gasteiger partial charge in [-0.25, -0.2) is 0 Å². The predicted molar refractivity (Wildman–Crippen MR) is 72.1 cm³/mol. The average Bonchev–Trinajstić information content (AvgIpc) is 2.29. The van der Waals surface area contributed by atoms with E-state index < -0.39 is 5.97 Å². The third-order valence-corrected chi connectivity index (χ3v) is 4.46. The van der Waals surface area contributed by atoms with Crippen molar-refractivity contribution in [1.82, 2.24) is 0 Å². The summed E-state index contributed by atoms with van der Waals surface area (Å²) in [5.41, 5.74) is 1.96. The molecule has 0 amide bonds.